The maximum Gasteiger partial charge on any atom is 0.338 e. The van der Waals surface area contributed by atoms with Gasteiger partial charge in [-0.15, -0.1) is 11.3 Å². The van der Waals surface area contributed by atoms with Gasteiger partial charge in [0.25, 0.3) is 5.56 Å². The Kier molecular flexibility index (Phi) is 6.28. The Morgan fingerprint density at radius 1 is 1.03 bits per heavy atom. The van der Waals surface area contributed by atoms with E-state index in [2.05, 4.69) is 0 Å². The van der Waals surface area contributed by atoms with Crippen molar-refractivity contribution in [3.8, 4) is 0 Å². The number of fused-ring (bicyclic) bond motifs is 1. The molecular formula is C25H22N2O5S. The number of carbonyl (C=O) groups is 2. The Balaban J connectivity index is 2.12. The first-order valence-electron chi connectivity index (χ1n) is 10.3. The molecule has 0 bridgehead atoms. The van der Waals surface area contributed by atoms with Crippen molar-refractivity contribution in [3.63, 3.8) is 0 Å². The number of esters is 2. The topological polar surface area (TPSA) is 101 Å². The molecule has 4 rings (SSSR count). The highest BCUT2D eigenvalue weighted by Crippen LogP contribution is 2.37. The standard InChI is InChI=1S/C25H22N2O5S/c1-3-32-25(30)19-18(16-12-8-5-9-13-16)20(24(29)31-2)23-27(21(19)26)22(28)17(33-23)14-15-10-6-4-7-11-15/h4-14,18H,3,26H2,1-2H3/b17-14-/t18-/m0/s1. The third-order valence-corrected chi connectivity index (χ3v) is 6.39. The molecule has 2 N–H and O–H groups in total. The van der Waals surface area contributed by atoms with Gasteiger partial charge in [-0.1, -0.05) is 60.7 Å². The molecule has 33 heavy (non-hydrogen) atoms. The molecule has 2 aromatic carbocycles. The van der Waals surface area contributed by atoms with Crippen molar-refractivity contribution in [2.24, 2.45) is 5.73 Å². The van der Waals surface area contributed by atoms with Crippen molar-refractivity contribution in [1.29, 1.82) is 0 Å². The number of carbonyl (C=O) groups excluding carboxylic acids is 2. The van der Waals surface area contributed by atoms with Gasteiger partial charge in [0.2, 0.25) is 0 Å². The fourth-order valence-corrected chi connectivity index (χ4v) is 5.01. The minimum absolute atomic E-state index is 0.0297. The number of hydrogen-bond donors (Lipinski definition) is 1. The number of rotatable bonds is 5. The third-order valence-electron chi connectivity index (χ3n) is 5.28. The summed E-state index contributed by atoms with van der Waals surface area (Å²) in [6, 6.07) is 18.3. The predicted octanol–water partition coefficient (Wildman–Crippen LogP) is 1.55. The molecule has 168 valence electrons. The molecule has 1 aliphatic rings. The first kappa shape index (κ1) is 22.3. The zero-order valence-corrected chi connectivity index (χ0v) is 18.9. The summed E-state index contributed by atoms with van der Waals surface area (Å²) in [6.07, 6.45) is 1.72. The summed E-state index contributed by atoms with van der Waals surface area (Å²) < 4.78 is 12.2. The van der Waals surface area contributed by atoms with Gasteiger partial charge in [-0.05, 0) is 24.1 Å². The number of thiazole rings is 1. The predicted molar refractivity (Wildman–Crippen MR) is 126 cm³/mol. The Morgan fingerprint density at radius 2 is 1.67 bits per heavy atom. The van der Waals surface area contributed by atoms with E-state index in [1.807, 2.05) is 36.4 Å². The Morgan fingerprint density at radius 3 is 2.27 bits per heavy atom. The largest absolute Gasteiger partial charge is 0.466 e. The molecule has 3 aromatic rings. The summed E-state index contributed by atoms with van der Waals surface area (Å²) in [5.74, 6) is -2.25. The fraction of sp³-hybridized carbons (Fsp3) is 0.160. The number of nitrogens with two attached hydrogens (primary N) is 1. The van der Waals surface area contributed by atoms with E-state index < -0.39 is 23.4 Å². The number of aromatic nitrogens is 1. The highest BCUT2D eigenvalue weighted by atomic mass is 32.1. The minimum Gasteiger partial charge on any atom is -0.466 e. The SMILES string of the molecule is CCOC(=O)C1=C(N)n2c(s/c(=C\c3ccccc3)c2=O)=C(C(=O)OC)[C@H]1c1ccccc1. The van der Waals surface area contributed by atoms with Gasteiger partial charge in [-0.25, -0.2) is 9.59 Å². The maximum absolute atomic E-state index is 13.4. The zero-order chi connectivity index (χ0) is 23.5. The second kappa shape index (κ2) is 9.30. The first-order valence-corrected chi connectivity index (χ1v) is 11.1. The van der Waals surface area contributed by atoms with Crippen LogP contribution in [0.3, 0.4) is 0 Å². The Labute approximate surface area is 193 Å². The van der Waals surface area contributed by atoms with Crippen LogP contribution in [0.4, 0.5) is 0 Å². The van der Waals surface area contributed by atoms with Crippen molar-refractivity contribution >= 4 is 40.7 Å². The van der Waals surface area contributed by atoms with E-state index >= 15 is 0 Å². The normalized spacial score (nSPS) is 15.9. The molecule has 1 atom stereocenters. The van der Waals surface area contributed by atoms with Gasteiger partial charge in [0, 0.05) is 0 Å². The average Bonchev–Trinajstić information content (AvgIpc) is 3.15. The second-order valence-electron chi connectivity index (χ2n) is 7.24. The lowest BCUT2D eigenvalue weighted by atomic mass is 9.83. The van der Waals surface area contributed by atoms with E-state index in [9.17, 15) is 14.4 Å². The van der Waals surface area contributed by atoms with Gasteiger partial charge < -0.3 is 15.2 Å². The van der Waals surface area contributed by atoms with Crippen LogP contribution in [0.25, 0.3) is 17.5 Å². The molecule has 0 radical (unpaired) electrons. The lowest BCUT2D eigenvalue weighted by molar-refractivity contribution is -0.138. The first-order chi connectivity index (χ1) is 16.0. The molecule has 0 spiro atoms. The van der Waals surface area contributed by atoms with E-state index in [-0.39, 0.29) is 23.6 Å². The van der Waals surface area contributed by atoms with E-state index in [0.29, 0.717) is 14.8 Å². The van der Waals surface area contributed by atoms with Crippen LogP contribution in [-0.4, -0.2) is 30.2 Å². The molecule has 0 saturated carbocycles. The molecule has 1 aliphatic heterocycles. The number of benzene rings is 2. The third kappa shape index (κ3) is 4.01. The number of ether oxygens (including phenoxy) is 2. The molecule has 0 aliphatic carbocycles. The summed E-state index contributed by atoms with van der Waals surface area (Å²) >= 11 is 1.13. The van der Waals surface area contributed by atoms with Gasteiger partial charge >= 0.3 is 11.9 Å². The van der Waals surface area contributed by atoms with Crippen molar-refractivity contribution < 1.29 is 19.1 Å². The van der Waals surface area contributed by atoms with Crippen LogP contribution < -0.4 is 20.5 Å². The summed E-state index contributed by atoms with van der Waals surface area (Å²) in [7, 11) is 1.26. The number of methoxy groups -OCH3 is 1. The molecule has 0 unspecified atom stereocenters. The molecule has 7 nitrogen and oxygen atoms in total. The minimum atomic E-state index is -0.847. The smallest absolute Gasteiger partial charge is 0.338 e. The number of nitrogens with zero attached hydrogens (tertiary/aromatic N) is 1. The van der Waals surface area contributed by atoms with Crippen LogP contribution in [0, 0.1) is 0 Å². The van der Waals surface area contributed by atoms with Gasteiger partial charge in [-0.2, -0.15) is 0 Å². The molecule has 0 fully saturated rings. The van der Waals surface area contributed by atoms with E-state index in [0.717, 1.165) is 16.9 Å². The zero-order valence-electron chi connectivity index (χ0n) is 18.1. The van der Waals surface area contributed by atoms with E-state index in [4.69, 9.17) is 15.2 Å². The Bertz CT molecular complexity index is 1420. The van der Waals surface area contributed by atoms with Crippen molar-refractivity contribution in [2.45, 2.75) is 12.8 Å². The lowest BCUT2D eigenvalue weighted by Crippen LogP contribution is -2.41. The van der Waals surface area contributed by atoms with Crippen LogP contribution in [0.2, 0.25) is 0 Å². The van der Waals surface area contributed by atoms with Crippen molar-refractivity contribution in [3.05, 3.63) is 96.9 Å². The van der Waals surface area contributed by atoms with E-state index in [1.165, 1.54) is 11.7 Å². The fourth-order valence-electron chi connectivity index (χ4n) is 3.84. The van der Waals surface area contributed by atoms with Gasteiger partial charge in [0.15, 0.2) is 0 Å². The lowest BCUT2D eigenvalue weighted by Gasteiger charge is -2.26. The maximum atomic E-state index is 13.4. The highest BCUT2D eigenvalue weighted by Gasteiger charge is 2.39. The summed E-state index contributed by atoms with van der Waals surface area (Å²) in [5, 5.41) is 0. The van der Waals surface area contributed by atoms with Crippen LogP contribution in [0.5, 0.6) is 0 Å². The molecular weight excluding hydrogens is 440 g/mol. The number of hydrogen-bond acceptors (Lipinski definition) is 7. The summed E-state index contributed by atoms with van der Waals surface area (Å²) in [6.45, 7) is 1.79. The molecule has 0 amide bonds. The molecule has 2 heterocycles. The van der Waals surface area contributed by atoms with Gasteiger partial charge in [0.05, 0.1) is 35.3 Å². The molecule has 8 heteroatoms. The molecule has 1 aromatic heterocycles. The summed E-state index contributed by atoms with van der Waals surface area (Å²) in [5.41, 5.74) is 7.68. The Hall–Kier alpha value is -3.91. The molecule has 0 saturated heterocycles. The summed E-state index contributed by atoms with van der Waals surface area (Å²) in [4.78, 5) is 39.4. The van der Waals surface area contributed by atoms with Crippen LogP contribution >= 0.6 is 11.3 Å². The highest BCUT2D eigenvalue weighted by molar-refractivity contribution is 7.07. The van der Waals surface area contributed by atoms with Gasteiger partial charge in [0.1, 0.15) is 10.5 Å². The van der Waals surface area contributed by atoms with E-state index in [1.54, 1.807) is 37.3 Å². The monoisotopic (exact) mass is 462 g/mol. The van der Waals surface area contributed by atoms with Gasteiger partial charge in [-0.3, -0.25) is 9.36 Å². The second-order valence-corrected chi connectivity index (χ2v) is 8.27. The van der Waals surface area contributed by atoms with Crippen LogP contribution in [0.1, 0.15) is 24.0 Å². The van der Waals surface area contributed by atoms with Crippen molar-refractivity contribution in [2.75, 3.05) is 13.7 Å². The van der Waals surface area contributed by atoms with Crippen molar-refractivity contribution in [1.82, 2.24) is 4.57 Å². The van der Waals surface area contributed by atoms with Crippen LogP contribution in [0.15, 0.2) is 71.0 Å². The van der Waals surface area contributed by atoms with Crippen LogP contribution in [-0.2, 0) is 19.1 Å². The quantitative estimate of drug-likeness (QED) is 0.578. The average molecular weight is 463 g/mol.